The molecule has 0 radical (unpaired) electrons. The molecule has 0 aliphatic carbocycles. The summed E-state index contributed by atoms with van der Waals surface area (Å²) in [5.74, 6) is 0. The van der Waals surface area contributed by atoms with Crippen molar-refractivity contribution in [3.8, 4) is 0 Å². The van der Waals surface area contributed by atoms with Crippen LogP contribution in [0.25, 0.3) is 10.9 Å². The molecule has 0 amide bonds. The fourth-order valence-electron chi connectivity index (χ4n) is 3.70. The number of benzene rings is 1. The van der Waals surface area contributed by atoms with Crippen molar-refractivity contribution in [3.05, 3.63) is 41.0 Å². The van der Waals surface area contributed by atoms with Gasteiger partial charge in [-0.1, -0.05) is 17.7 Å². The van der Waals surface area contributed by atoms with Crippen molar-refractivity contribution in [1.82, 2.24) is 14.8 Å². The second-order valence-electron chi connectivity index (χ2n) is 6.62. The molecule has 1 aromatic heterocycles. The smallest absolute Gasteiger partial charge is 0.0834 e. The lowest BCUT2D eigenvalue weighted by molar-refractivity contribution is -0.00618. The number of ether oxygens (including phenoxy) is 1. The summed E-state index contributed by atoms with van der Waals surface area (Å²) >= 11 is 6.02. The lowest BCUT2D eigenvalue weighted by Crippen LogP contribution is -2.48. The van der Waals surface area contributed by atoms with Crippen LogP contribution < -0.4 is 0 Å². The van der Waals surface area contributed by atoms with E-state index in [9.17, 15) is 5.11 Å². The Balaban J connectivity index is 1.44. The number of aliphatic hydroxyl groups is 1. The van der Waals surface area contributed by atoms with E-state index < -0.39 is 0 Å². The van der Waals surface area contributed by atoms with Crippen LogP contribution in [0.2, 0.25) is 5.02 Å². The van der Waals surface area contributed by atoms with Gasteiger partial charge in [0.15, 0.2) is 0 Å². The van der Waals surface area contributed by atoms with Gasteiger partial charge in [-0.2, -0.15) is 0 Å². The summed E-state index contributed by atoms with van der Waals surface area (Å²) in [5.41, 5.74) is 1.99. The number of rotatable bonds is 3. The number of likely N-dealkylation sites (tertiary alicyclic amines) is 1. The Kier molecular flexibility index (Phi) is 4.70. The zero-order valence-electron chi connectivity index (χ0n) is 13.6. The topological polar surface area (TPSA) is 48.8 Å². The number of hydrogen-bond acceptors (Lipinski definition) is 5. The maximum absolute atomic E-state index is 10.4. The number of fused-ring (bicyclic) bond motifs is 1. The summed E-state index contributed by atoms with van der Waals surface area (Å²) in [4.78, 5) is 9.36. The highest BCUT2D eigenvalue weighted by atomic mass is 35.5. The number of morpholine rings is 1. The van der Waals surface area contributed by atoms with Crippen LogP contribution >= 0.6 is 11.6 Å². The van der Waals surface area contributed by atoms with Gasteiger partial charge in [0.05, 0.1) is 30.5 Å². The third-order valence-corrected chi connectivity index (χ3v) is 5.18. The number of aromatic nitrogens is 1. The average molecular weight is 348 g/mol. The van der Waals surface area contributed by atoms with Crippen LogP contribution in [0.5, 0.6) is 0 Å². The van der Waals surface area contributed by atoms with Crippen molar-refractivity contribution in [2.45, 2.75) is 18.7 Å². The molecule has 0 unspecified atom stereocenters. The number of aliphatic hydroxyl groups excluding tert-OH is 1. The molecule has 1 N–H and O–H groups in total. The van der Waals surface area contributed by atoms with Gasteiger partial charge in [0.1, 0.15) is 0 Å². The Morgan fingerprint density at radius 3 is 2.83 bits per heavy atom. The Hall–Kier alpha value is -1.24. The quantitative estimate of drug-likeness (QED) is 0.917. The van der Waals surface area contributed by atoms with Crippen molar-refractivity contribution >= 4 is 22.5 Å². The van der Waals surface area contributed by atoms with E-state index in [1.165, 1.54) is 0 Å². The first-order valence-corrected chi connectivity index (χ1v) is 8.84. The Morgan fingerprint density at radius 1 is 1.17 bits per heavy atom. The van der Waals surface area contributed by atoms with Crippen molar-refractivity contribution in [1.29, 1.82) is 0 Å². The summed E-state index contributed by atoms with van der Waals surface area (Å²) < 4.78 is 5.41. The normalized spacial score (nSPS) is 26.2. The molecule has 2 aliphatic rings. The van der Waals surface area contributed by atoms with Gasteiger partial charge < -0.3 is 9.84 Å². The van der Waals surface area contributed by atoms with E-state index in [2.05, 4.69) is 15.9 Å². The zero-order valence-corrected chi connectivity index (χ0v) is 14.3. The van der Waals surface area contributed by atoms with E-state index in [1.807, 2.05) is 24.3 Å². The van der Waals surface area contributed by atoms with E-state index in [1.54, 1.807) is 0 Å². The minimum Gasteiger partial charge on any atom is -0.390 e. The summed E-state index contributed by atoms with van der Waals surface area (Å²) in [6.45, 7) is 5.67. The van der Waals surface area contributed by atoms with Crippen molar-refractivity contribution < 1.29 is 9.84 Å². The molecule has 6 heteroatoms. The lowest BCUT2D eigenvalue weighted by atomic mass is 10.1. The molecule has 5 nitrogen and oxygen atoms in total. The molecule has 0 spiro atoms. The average Bonchev–Trinajstić information content (AvgIpc) is 2.96. The molecule has 2 aromatic rings. The minimum absolute atomic E-state index is 0.202. The van der Waals surface area contributed by atoms with Gasteiger partial charge in [-0.25, -0.2) is 0 Å². The highest BCUT2D eigenvalue weighted by Crippen LogP contribution is 2.22. The summed E-state index contributed by atoms with van der Waals surface area (Å²) in [7, 11) is 0. The maximum Gasteiger partial charge on any atom is 0.0834 e. The molecule has 24 heavy (non-hydrogen) atoms. The predicted octanol–water partition coefficient (Wildman–Crippen LogP) is 1.77. The van der Waals surface area contributed by atoms with E-state index in [0.29, 0.717) is 6.54 Å². The first kappa shape index (κ1) is 16.2. The summed E-state index contributed by atoms with van der Waals surface area (Å²) in [5, 5.41) is 12.2. The largest absolute Gasteiger partial charge is 0.390 e. The third-order valence-electron chi connectivity index (χ3n) is 4.94. The number of pyridine rings is 1. The summed E-state index contributed by atoms with van der Waals surface area (Å²) in [6.07, 6.45) is -0.303. The van der Waals surface area contributed by atoms with E-state index in [0.717, 1.165) is 61.0 Å². The first-order valence-electron chi connectivity index (χ1n) is 8.46. The van der Waals surface area contributed by atoms with Gasteiger partial charge in [0.2, 0.25) is 0 Å². The van der Waals surface area contributed by atoms with Crippen molar-refractivity contribution in [2.75, 3.05) is 39.4 Å². The summed E-state index contributed by atoms with van der Waals surface area (Å²) in [6, 6.07) is 10.1. The maximum atomic E-state index is 10.4. The Morgan fingerprint density at radius 2 is 2.00 bits per heavy atom. The van der Waals surface area contributed by atoms with E-state index in [-0.39, 0.29) is 12.1 Å². The van der Waals surface area contributed by atoms with Crippen molar-refractivity contribution in [3.63, 3.8) is 0 Å². The second-order valence-corrected chi connectivity index (χ2v) is 7.05. The fraction of sp³-hybridized carbons (Fsp3) is 0.500. The number of halogens is 1. The predicted molar refractivity (Wildman–Crippen MR) is 94.2 cm³/mol. The molecule has 128 valence electrons. The van der Waals surface area contributed by atoms with Gasteiger partial charge in [-0.3, -0.25) is 14.8 Å². The molecule has 4 rings (SSSR count). The third kappa shape index (κ3) is 3.41. The fourth-order valence-corrected chi connectivity index (χ4v) is 3.88. The van der Waals surface area contributed by atoms with Gasteiger partial charge in [0, 0.05) is 49.2 Å². The number of β-amino-alcohol motifs (C(OH)–C–C–N with tert-alkyl or cyclic N) is 1. The molecule has 2 fully saturated rings. The van der Waals surface area contributed by atoms with Gasteiger partial charge in [-0.15, -0.1) is 0 Å². The molecule has 0 saturated carbocycles. The molecular weight excluding hydrogens is 326 g/mol. The van der Waals surface area contributed by atoms with Crippen LogP contribution in [0.15, 0.2) is 30.3 Å². The van der Waals surface area contributed by atoms with Gasteiger partial charge in [-0.05, 0) is 24.3 Å². The molecule has 2 aliphatic heterocycles. The molecule has 3 heterocycles. The highest BCUT2D eigenvalue weighted by Gasteiger charge is 2.36. The van der Waals surface area contributed by atoms with Crippen LogP contribution in [-0.4, -0.2) is 71.4 Å². The van der Waals surface area contributed by atoms with Gasteiger partial charge in [0.25, 0.3) is 0 Å². The van der Waals surface area contributed by atoms with Crippen LogP contribution in [0.4, 0.5) is 0 Å². The van der Waals surface area contributed by atoms with Crippen LogP contribution in [-0.2, 0) is 11.3 Å². The first-order chi connectivity index (χ1) is 11.7. The number of hydrogen-bond donors (Lipinski definition) is 1. The van der Waals surface area contributed by atoms with Crippen LogP contribution in [0.1, 0.15) is 5.69 Å². The van der Waals surface area contributed by atoms with Crippen molar-refractivity contribution in [2.24, 2.45) is 0 Å². The molecule has 2 saturated heterocycles. The molecule has 0 bridgehead atoms. The monoisotopic (exact) mass is 347 g/mol. The molecular formula is C18H22ClN3O2. The van der Waals surface area contributed by atoms with E-state index >= 15 is 0 Å². The van der Waals surface area contributed by atoms with Gasteiger partial charge >= 0.3 is 0 Å². The number of nitrogens with zero attached hydrogens (tertiary/aromatic N) is 3. The lowest BCUT2D eigenvalue weighted by Gasteiger charge is -2.33. The standard InChI is InChI=1S/C18H22ClN3O2/c19-14-2-4-16-13(9-14)1-3-15(20-16)10-21-11-17(18(23)12-21)22-5-7-24-8-6-22/h1-4,9,17-18,23H,5-8,10-12H2/t17-,18-/m1/s1. The molecule has 1 aromatic carbocycles. The zero-order chi connectivity index (χ0) is 16.5. The highest BCUT2D eigenvalue weighted by molar-refractivity contribution is 6.31. The Bertz CT molecular complexity index is 720. The van der Waals surface area contributed by atoms with Crippen LogP contribution in [0.3, 0.4) is 0 Å². The van der Waals surface area contributed by atoms with Crippen LogP contribution in [0, 0.1) is 0 Å². The minimum atomic E-state index is -0.303. The Labute approximate surface area is 146 Å². The second kappa shape index (κ2) is 6.94. The van der Waals surface area contributed by atoms with E-state index in [4.69, 9.17) is 21.3 Å². The SMILES string of the molecule is O[C@@H]1CN(Cc2ccc3cc(Cl)ccc3n2)C[C@H]1N1CCOCC1. The molecule has 2 atom stereocenters.